The Morgan fingerprint density at radius 1 is 1.39 bits per heavy atom. The summed E-state index contributed by atoms with van der Waals surface area (Å²) in [6.45, 7) is 0.722. The molecule has 1 heterocycles. The Bertz CT molecular complexity index is 445. The lowest BCUT2D eigenvalue weighted by molar-refractivity contribution is -0.173. The molecule has 98 valence electrons. The molecule has 0 spiro atoms. The van der Waals surface area contributed by atoms with Crippen LogP contribution in [0.3, 0.4) is 0 Å². The molecule has 1 unspecified atom stereocenters. The van der Waals surface area contributed by atoms with Gasteiger partial charge < -0.3 is 10.6 Å². The van der Waals surface area contributed by atoms with Gasteiger partial charge in [0.2, 0.25) is 0 Å². The first kappa shape index (κ1) is 12.7. The van der Waals surface area contributed by atoms with Gasteiger partial charge in [0.05, 0.1) is 0 Å². The van der Waals surface area contributed by atoms with Crippen molar-refractivity contribution in [3.63, 3.8) is 0 Å². The summed E-state index contributed by atoms with van der Waals surface area (Å²) in [6, 6.07) is 7.68. The number of carbonyl (C=O) groups excluding carboxylic acids is 1. The predicted molar refractivity (Wildman–Crippen MR) is 61.4 cm³/mol. The van der Waals surface area contributed by atoms with Crippen LogP contribution in [0.15, 0.2) is 24.3 Å². The van der Waals surface area contributed by atoms with E-state index >= 15 is 0 Å². The van der Waals surface area contributed by atoms with Crippen molar-refractivity contribution in [1.82, 2.24) is 5.32 Å². The molecule has 1 aliphatic rings. The van der Waals surface area contributed by atoms with Crippen molar-refractivity contribution in [1.29, 1.82) is 0 Å². The van der Waals surface area contributed by atoms with E-state index in [1.807, 2.05) is 29.6 Å². The van der Waals surface area contributed by atoms with Crippen molar-refractivity contribution in [3.05, 3.63) is 29.8 Å². The van der Waals surface area contributed by atoms with Gasteiger partial charge in [-0.25, -0.2) is 0 Å². The maximum Gasteiger partial charge on any atom is 0.471 e. The molecule has 1 aromatic carbocycles. The molecule has 18 heavy (non-hydrogen) atoms. The minimum Gasteiger partial charge on any atom is -0.384 e. The second-order valence-corrected chi connectivity index (χ2v) is 4.21. The number of amides is 1. The van der Waals surface area contributed by atoms with Gasteiger partial charge in [-0.1, -0.05) is 18.2 Å². The van der Waals surface area contributed by atoms with Crippen molar-refractivity contribution < 1.29 is 18.0 Å². The molecule has 1 atom stereocenters. The van der Waals surface area contributed by atoms with Gasteiger partial charge in [-0.2, -0.15) is 13.2 Å². The summed E-state index contributed by atoms with van der Waals surface area (Å²) < 4.78 is 35.9. The number of halogens is 3. The average Bonchev–Trinajstić information content (AvgIpc) is 2.71. The van der Waals surface area contributed by atoms with E-state index in [4.69, 9.17) is 0 Å². The molecular weight excluding hydrogens is 245 g/mol. The van der Waals surface area contributed by atoms with E-state index in [1.54, 1.807) is 0 Å². The number of nitrogens with one attached hydrogen (secondary N) is 2. The molecule has 0 fully saturated rings. The highest BCUT2D eigenvalue weighted by Gasteiger charge is 2.38. The van der Waals surface area contributed by atoms with Crippen LogP contribution in [0.4, 0.5) is 18.9 Å². The zero-order chi connectivity index (χ0) is 13.2. The van der Waals surface area contributed by atoms with E-state index in [2.05, 4.69) is 5.32 Å². The van der Waals surface area contributed by atoms with E-state index in [1.165, 1.54) is 0 Å². The van der Waals surface area contributed by atoms with Crippen molar-refractivity contribution in [2.24, 2.45) is 0 Å². The molecule has 0 saturated carbocycles. The summed E-state index contributed by atoms with van der Waals surface area (Å²) >= 11 is 0. The minimum absolute atomic E-state index is 0.0268. The molecule has 0 aromatic heterocycles. The second kappa shape index (κ2) is 4.88. The lowest BCUT2D eigenvalue weighted by Gasteiger charge is -2.12. The van der Waals surface area contributed by atoms with Gasteiger partial charge in [-0.3, -0.25) is 4.79 Å². The zero-order valence-corrected chi connectivity index (χ0v) is 9.55. The van der Waals surface area contributed by atoms with Gasteiger partial charge >= 0.3 is 12.1 Å². The maximum atomic E-state index is 12.0. The Morgan fingerprint density at radius 2 is 2.11 bits per heavy atom. The molecule has 2 N–H and O–H groups in total. The van der Waals surface area contributed by atoms with Crippen LogP contribution in [0.25, 0.3) is 0 Å². The summed E-state index contributed by atoms with van der Waals surface area (Å²) in [7, 11) is 0. The highest BCUT2D eigenvalue weighted by atomic mass is 19.4. The summed E-state index contributed by atoms with van der Waals surface area (Å²) in [4.78, 5) is 10.6. The molecule has 1 aliphatic heterocycles. The van der Waals surface area contributed by atoms with Crippen molar-refractivity contribution >= 4 is 11.6 Å². The summed E-state index contributed by atoms with van der Waals surface area (Å²) in [5, 5.41) is 5.07. The van der Waals surface area contributed by atoms with E-state index in [-0.39, 0.29) is 12.5 Å². The Labute approximate surface area is 102 Å². The first-order valence-electron chi connectivity index (χ1n) is 5.66. The SMILES string of the molecule is O=C(NCCC1CNc2ccccc21)C(F)(F)F. The van der Waals surface area contributed by atoms with Crippen LogP contribution in [-0.2, 0) is 4.79 Å². The summed E-state index contributed by atoms with van der Waals surface area (Å²) in [5.41, 5.74) is 2.11. The van der Waals surface area contributed by atoms with Crippen LogP contribution >= 0.6 is 0 Å². The summed E-state index contributed by atoms with van der Waals surface area (Å²) in [6.07, 6.45) is -4.31. The number of para-hydroxylation sites is 1. The number of rotatable bonds is 3. The van der Waals surface area contributed by atoms with E-state index in [0.717, 1.165) is 11.3 Å². The van der Waals surface area contributed by atoms with Gasteiger partial charge in [0.25, 0.3) is 0 Å². The number of carbonyl (C=O) groups is 1. The number of anilines is 1. The largest absolute Gasteiger partial charge is 0.471 e. The van der Waals surface area contributed by atoms with E-state index in [0.29, 0.717) is 13.0 Å². The lowest BCUT2D eigenvalue weighted by Crippen LogP contribution is -2.37. The fraction of sp³-hybridized carbons (Fsp3) is 0.417. The third-order valence-corrected chi connectivity index (χ3v) is 2.98. The van der Waals surface area contributed by atoms with Crippen LogP contribution in [0.1, 0.15) is 17.9 Å². The van der Waals surface area contributed by atoms with Crippen LogP contribution in [0, 0.1) is 0 Å². The first-order valence-corrected chi connectivity index (χ1v) is 5.66. The molecule has 6 heteroatoms. The first-order chi connectivity index (χ1) is 8.48. The van der Waals surface area contributed by atoms with Crippen molar-refractivity contribution in [2.45, 2.75) is 18.5 Å². The fourth-order valence-electron chi connectivity index (χ4n) is 2.07. The molecule has 1 aromatic rings. The van der Waals surface area contributed by atoms with Crippen molar-refractivity contribution in [3.8, 4) is 0 Å². The topological polar surface area (TPSA) is 41.1 Å². The summed E-state index contributed by atoms with van der Waals surface area (Å²) in [5.74, 6) is -1.73. The molecule has 1 amide bonds. The second-order valence-electron chi connectivity index (χ2n) is 4.21. The number of hydrogen-bond donors (Lipinski definition) is 2. The quantitative estimate of drug-likeness (QED) is 0.873. The number of benzene rings is 1. The van der Waals surface area contributed by atoms with E-state index in [9.17, 15) is 18.0 Å². The van der Waals surface area contributed by atoms with Crippen LogP contribution in [0.5, 0.6) is 0 Å². The third-order valence-electron chi connectivity index (χ3n) is 2.98. The fourth-order valence-corrected chi connectivity index (χ4v) is 2.07. The van der Waals surface area contributed by atoms with Gasteiger partial charge in [0, 0.05) is 24.7 Å². The molecule has 2 rings (SSSR count). The predicted octanol–water partition coefficient (Wildman–Crippen LogP) is 2.26. The average molecular weight is 258 g/mol. The highest BCUT2D eigenvalue weighted by Crippen LogP contribution is 2.32. The van der Waals surface area contributed by atoms with Crippen LogP contribution < -0.4 is 10.6 Å². The Hall–Kier alpha value is -1.72. The molecule has 3 nitrogen and oxygen atoms in total. The zero-order valence-electron chi connectivity index (χ0n) is 9.55. The molecule has 0 saturated heterocycles. The normalized spacial score (nSPS) is 18.1. The molecule has 0 bridgehead atoms. The molecule has 0 aliphatic carbocycles. The highest BCUT2D eigenvalue weighted by molar-refractivity contribution is 5.81. The van der Waals surface area contributed by atoms with E-state index < -0.39 is 12.1 Å². The maximum absolute atomic E-state index is 12.0. The Balaban J connectivity index is 1.85. The van der Waals surface area contributed by atoms with Crippen LogP contribution in [-0.4, -0.2) is 25.2 Å². The molecule has 0 radical (unpaired) electrons. The standard InChI is InChI=1S/C12H13F3N2O/c13-12(14,15)11(18)16-6-5-8-7-17-10-4-2-1-3-9(8)10/h1-4,8,17H,5-7H2,(H,16,18). The number of fused-ring (bicyclic) bond motifs is 1. The van der Waals surface area contributed by atoms with Crippen molar-refractivity contribution in [2.75, 3.05) is 18.4 Å². The minimum atomic E-state index is -4.80. The lowest BCUT2D eigenvalue weighted by atomic mass is 9.98. The van der Waals surface area contributed by atoms with Gasteiger partial charge in [-0.15, -0.1) is 0 Å². The Morgan fingerprint density at radius 3 is 2.83 bits per heavy atom. The number of hydrogen-bond acceptors (Lipinski definition) is 2. The van der Waals surface area contributed by atoms with Gasteiger partial charge in [0.1, 0.15) is 0 Å². The number of alkyl halides is 3. The smallest absolute Gasteiger partial charge is 0.384 e. The van der Waals surface area contributed by atoms with Crippen LogP contribution in [0.2, 0.25) is 0 Å². The van der Waals surface area contributed by atoms with Gasteiger partial charge in [-0.05, 0) is 18.1 Å². The van der Waals surface area contributed by atoms with Gasteiger partial charge in [0.15, 0.2) is 0 Å². The molecular formula is C12H13F3N2O. The monoisotopic (exact) mass is 258 g/mol. The third kappa shape index (κ3) is 2.75. The Kier molecular flexibility index (Phi) is 3.45.